The molecule has 198 valence electrons. The van der Waals surface area contributed by atoms with E-state index in [4.69, 9.17) is 9.40 Å². The van der Waals surface area contributed by atoms with Crippen molar-refractivity contribution in [3.8, 4) is 22.4 Å². The van der Waals surface area contributed by atoms with E-state index in [0.29, 0.717) is 0 Å². The van der Waals surface area contributed by atoms with Crippen LogP contribution in [-0.2, 0) is 0 Å². The molecule has 0 unspecified atom stereocenters. The largest absolute Gasteiger partial charge is 0.454 e. The predicted octanol–water partition coefficient (Wildman–Crippen LogP) is 10.9. The third-order valence-electron chi connectivity index (χ3n) is 7.87. The van der Waals surface area contributed by atoms with Gasteiger partial charge in [0, 0.05) is 22.6 Å². The molecule has 0 saturated heterocycles. The molecule has 0 N–H and O–H groups in total. The molecule has 0 saturated carbocycles. The van der Waals surface area contributed by atoms with Gasteiger partial charge in [0.1, 0.15) is 11.1 Å². The van der Waals surface area contributed by atoms with Crippen molar-refractivity contribution >= 4 is 49.9 Å². The second-order valence-corrected chi connectivity index (χ2v) is 10.4. The van der Waals surface area contributed by atoms with Gasteiger partial charge in [0.2, 0.25) is 0 Å². The smallest absolute Gasteiger partial charge is 0.153 e. The molecule has 2 heterocycles. The highest BCUT2D eigenvalue weighted by molar-refractivity contribution is 6.17. The molecule has 0 aliphatic carbocycles. The van der Waals surface area contributed by atoms with Crippen LogP contribution in [0.2, 0.25) is 0 Å². The number of para-hydroxylation sites is 1. The Bertz CT molecular complexity index is 2170. The van der Waals surface area contributed by atoms with Gasteiger partial charge in [-0.05, 0) is 76.5 Å². The highest BCUT2D eigenvalue weighted by Crippen LogP contribution is 2.38. The molecule has 42 heavy (non-hydrogen) atoms. The van der Waals surface area contributed by atoms with E-state index < -0.39 is 0 Å². The lowest BCUT2D eigenvalue weighted by Crippen LogP contribution is -2.09. The van der Waals surface area contributed by atoms with Crippen LogP contribution in [0.5, 0.6) is 0 Å². The molecule has 8 aromatic rings. The Morgan fingerprint density at radius 1 is 0.429 bits per heavy atom. The maximum atomic E-state index is 6.17. The average molecular weight is 539 g/mol. The number of rotatable bonds is 5. The van der Waals surface area contributed by atoms with Crippen molar-refractivity contribution in [3.05, 3.63) is 158 Å². The van der Waals surface area contributed by atoms with Crippen molar-refractivity contribution in [2.75, 3.05) is 4.90 Å². The second-order valence-electron chi connectivity index (χ2n) is 10.4. The molecule has 0 aliphatic rings. The van der Waals surface area contributed by atoms with E-state index >= 15 is 0 Å². The molecule has 0 bridgehead atoms. The molecule has 3 heteroatoms. The third-order valence-corrected chi connectivity index (χ3v) is 7.87. The lowest BCUT2D eigenvalue weighted by molar-refractivity contribution is 0.668. The first-order valence-electron chi connectivity index (χ1n) is 14.1. The third kappa shape index (κ3) is 4.20. The number of benzene rings is 6. The molecule has 0 spiro atoms. The number of anilines is 3. The molecular formula is C39H26N2O. The standard InChI is InChI=1S/C39H26N2O/c1-3-9-27(10-4-1)28-15-20-32(21-16-28)41(31-12-5-2-6-13-31)33-22-17-30(18-23-33)35-24-26-37-39(40-35)38-34-14-8-7-11-29(34)19-25-36(38)42-37/h1-26H. The summed E-state index contributed by atoms with van der Waals surface area (Å²) in [5.74, 6) is 0. The zero-order valence-corrected chi connectivity index (χ0v) is 22.8. The van der Waals surface area contributed by atoms with Gasteiger partial charge in [-0.15, -0.1) is 0 Å². The van der Waals surface area contributed by atoms with Gasteiger partial charge >= 0.3 is 0 Å². The number of furan rings is 1. The maximum absolute atomic E-state index is 6.17. The van der Waals surface area contributed by atoms with E-state index in [1.165, 1.54) is 16.5 Å². The highest BCUT2D eigenvalue weighted by Gasteiger charge is 2.15. The lowest BCUT2D eigenvalue weighted by Gasteiger charge is -2.26. The van der Waals surface area contributed by atoms with Crippen LogP contribution in [-0.4, -0.2) is 4.98 Å². The van der Waals surface area contributed by atoms with Gasteiger partial charge in [-0.25, -0.2) is 4.98 Å². The van der Waals surface area contributed by atoms with Crippen molar-refractivity contribution in [1.29, 1.82) is 0 Å². The van der Waals surface area contributed by atoms with Crippen LogP contribution < -0.4 is 4.90 Å². The van der Waals surface area contributed by atoms with E-state index in [-0.39, 0.29) is 0 Å². The van der Waals surface area contributed by atoms with Gasteiger partial charge < -0.3 is 9.32 Å². The summed E-state index contributed by atoms with van der Waals surface area (Å²) >= 11 is 0. The lowest BCUT2D eigenvalue weighted by atomic mass is 10.0. The minimum Gasteiger partial charge on any atom is -0.454 e. The first-order chi connectivity index (χ1) is 20.8. The Balaban J connectivity index is 1.18. The van der Waals surface area contributed by atoms with Crippen molar-refractivity contribution in [2.45, 2.75) is 0 Å². The molecular weight excluding hydrogens is 512 g/mol. The van der Waals surface area contributed by atoms with E-state index in [1.54, 1.807) is 0 Å². The van der Waals surface area contributed by atoms with Crippen LogP contribution in [0.3, 0.4) is 0 Å². The minimum atomic E-state index is 0.802. The highest BCUT2D eigenvalue weighted by atomic mass is 16.3. The van der Waals surface area contributed by atoms with Gasteiger partial charge in [0.05, 0.1) is 11.1 Å². The van der Waals surface area contributed by atoms with Crippen molar-refractivity contribution in [3.63, 3.8) is 0 Å². The van der Waals surface area contributed by atoms with Gasteiger partial charge in [0.15, 0.2) is 5.58 Å². The van der Waals surface area contributed by atoms with Crippen molar-refractivity contribution in [1.82, 2.24) is 4.98 Å². The van der Waals surface area contributed by atoms with E-state index in [2.05, 4.69) is 132 Å². The van der Waals surface area contributed by atoms with Crippen LogP contribution in [0.1, 0.15) is 0 Å². The quantitative estimate of drug-likeness (QED) is 0.218. The zero-order chi connectivity index (χ0) is 27.9. The number of nitrogens with zero attached hydrogens (tertiary/aromatic N) is 2. The first kappa shape index (κ1) is 24.2. The summed E-state index contributed by atoms with van der Waals surface area (Å²) in [5.41, 5.74) is 10.2. The fourth-order valence-corrected chi connectivity index (χ4v) is 5.81. The Morgan fingerprint density at radius 3 is 1.74 bits per heavy atom. The Kier molecular flexibility index (Phi) is 5.79. The molecule has 6 aromatic carbocycles. The number of hydrogen-bond donors (Lipinski definition) is 0. The predicted molar refractivity (Wildman–Crippen MR) is 175 cm³/mol. The first-order valence-corrected chi connectivity index (χ1v) is 14.1. The number of fused-ring (bicyclic) bond motifs is 5. The molecule has 0 fully saturated rings. The van der Waals surface area contributed by atoms with E-state index in [0.717, 1.165) is 55.8 Å². The number of hydrogen-bond acceptors (Lipinski definition) is 3. The average Bonchev–Trinajstić information content (AvgIpc) is 3.45. The normalized spacial score (nSPS) is 11.3. The molecule has 3 nitrogen and oxygen atoms in total. The van der Waals surface area contributed by atoms with Crippen molar-refractivity contribution < 1.29 is 4.42 Å². The summed E-state index contributed by atoms with van der Waals surface area (Å²) < 4.78 is 6.17. The Hall–Kier alpha value is -5.67. The van der Waals surface area contributed by atoms with Gasteiger partial charge in [0.25, 0.3) is 0 Å². The van der Waals surface area contributed by atoms with Crippen LogP contribution in [0.25, 0.3) is 55.2 Å². The zero-order valence-electron chi connectivity index (χ0n) is 22.8. The summed E-state index contributed by atoms with van der Waals surface area (Å²) in [4.78, 5) is 7.39. The Labute approximate surface area is 243 Å². The molecule has 0 amide bonds. The van der Waals surface area contributed by atoms with Crippen LogP contribution >= 0.6 is 0 Å². The number of aromatic nitrogens is 1. The Morgan fingerprint density at radius 2 is 1.00 bits per heavy atom. The van der Waals surface area contributed by atoms with E-state index in [1.807, 2.05) is 30.3 Å². The summed E-state index contributed by atoms with van der Waals surface area (Å²) in [7, 11) is 0. The fourth-order valence-electron chi connectivity index (χ4n) is 5.81. The van der Waals surface area contributed by atoms with Crippen LogP contribution in [0.4, 0.5) is 17.1 Å². The molecule has 8 rings (SSSR count). The summed E-state index contributed by atoms with van der Waals surface area (Å²) in [5, 5.41) is 3.41. The summed E-state index contributed by atoms with van der Waals surface area (Å²) in [6.45, 7) is 0. The summed E-state index contributed by atoms with van der Waals surface area (Å²) in [6.07, 6.45) is 0. The molecule has 0 atom stereocenters. The SMILES string of the molecule is c1ccc(-c2ccc(N(c3ccccc3)c3ccc(-c4ccc5oc6ccc7ccccc7c6c5n4)cc3)cc2)cc1. The summed E-state index contributed by atoms with van der Waals surface area (Å²) in [6, 6.07) is 55.0. The van der Waals surface area contributed by atoms with E-state index in [9.17, 15) is 0 Å². The fraction of sp³-hybridized carbons (Fsp3) is 0. The topological polar surface area (TPSA) is 29.3 Å². The van der Waals surface area contributed by atoms with Crippen molar-refractivity contribution in [2.24, 2.45) is 0 Å². The second kappa shape index (κ2) is 10.1. The van der Waals surface area contributed by atoms with Gasteiger partial charge in [-0.1, -0.05) is 103 Å². The monoisotopic (exact) mass is 538 g/mol. The molecule has 0 aliphatic heterocycles. The number of pyridine rings is 1. The maximum Gasteiger partial charge on any atom is 0.153 e. The van der Waals surface area contributed by atoms with Gasteiger partial charge in [-0.3, -0.25) is 0 Å². The van der Waals surface area contributed by atoms with Crippen LogP contribution in [0, 0.1) is 0 Å². The molecule has 0 radical (unpaired) electrons. The molecule has 2 aromatic heterocycles. The van der Waals surface area contributed by atoms with Crippen LogP contribution in [0.15, 0.2) is 162 Å². The van der Waals surface area contributed by atoms with Gasteiger partial charge in [-0.2, -0.15) is 0 Å². The minimum absolute atomic E-state index is 0.802.